The highest BCUT2D eigenvalue weighted by molar-refractivity contribution is 7.85. The maximum Gasteiger partial charge on any atom is 0.144 e. The van der Waals surface area contributed by atoms with Crippen LogP contribution in [0.25, 0.3) is 0 Å². The van der Waals surface area contributed by atoms with Crippen molar-refractivity contribution in [3.63, 3.8) is 0 Å². The lowest BCUT2D eigenvalue weighted by molar-refractivity contribution is -0.0404. The van der Waals surface area contributed by atoms with Crippen molar-refractivity contribution < 1.29 is 27.4 Å². The first kappa shape index (κ1) is 34.4. The summed E-state index contributed by atoms with van der Waals surface area (Å²) in [6.45, 7) is 11.1. The van der Waals surface area contributed by atoms with Gasteiger partial charge in [0.2, 0.25) is 0 Å². The maximum absolute atomic E-state index is 13.5. The average molecular weight is 611 g/mol. The summed E-state index contributed by atoms with van der Waals surface area (Å²) in [4.78, 5) is 0. The summed E-state index contributed by atoms with van der Waals surface area (Å²) in [5.41, 5.74) is -1.42. The molecule has 6 nitrogen and oxygen atoms in total. The zero-order valence-corrected chi connectivity index (χ0v) is 26.3. The summed E-state index contributed by atoms with van der Waals surface area (Å²) < 4.78 is 56.7. The highest BCUT2D eigenvalue weighted by Gasteiger charge is 2.43. The molecule has 3 N–H and O–H groups in total. The number of hydrogen-bond acceptors (Lipinski definition) is 4. The molecule has 1 aromatic carbocycles. The van der Waals surface area contributed by atoms with Crippen molar-refractivity contribution in [1.82, 2.24) is 4.72 Å². The van der Waals surface area contributed by atoms with Gasteiger partial charge in [-0.3, -0.25) is 0 Å². The van der Waals surface area contributed by atoms with E-state index in [1.165, 1.54) is 6.21 Å². The fourth-order valence-electron chi connectivity index (χ4n) is 4.34. The van der Waals surface area contributed by atoms with Crippen molar-refractivity contribution >= 4 is 39.8 Å². The Labute approximate surface area is 242 Å². The van der Waals surface area contributed by atoms with Gasteiger partial charge in [-0.05, 0) is 111 Å². The van der Waals surface area contributed by atoms with Crippen LogP contribution in [-0.2, 0) is 22.0 Å². The second kappa shape index (κ2) is 13.9. The Bertz CT molecular complexity index is 1010. The van der Waals surface area contributed by atoms with Crippen molar-refractivity contribution in [3.8, 4) is 0 Å². The summed E-state index contributed by atoms with van der Waals surface area (Å²) in [7, 11) is -2.72. The number of nitrogens with one attached hydrogen (secondary N) is 1. The van der Waals surface area contributed by atoms with Gasteiger partial charge in [-0.25, -0.2) is 21.9 Å². The minimum Gasteiger partial charge on any atom is -0.388 e. The van der Waals surface area contributed by atoms with Crippen molar-refractivity contribution in [3.05, 3.63) is 34.9 Å². The van der Waals surface area contributed by atoms with Gasteiger partial charge in [0.05, 0.1) is 32.1 Å². The Hall–Kier alpha value is -0.780. The standard InChI is InChI=1S/C17H25ClFNO2S.C11H20FNO2S/c1-16(2,3)23(22)20-15(12-5-4-6-13(18)11-12)17(21)9-7-14(19)8-10-17;1-10(2,3)16(15)13-8-11(14)6-4-9(12)5-7-11/h4-6,11,14-15,20-21H,7-10H2,1-3H3;8-9,14H,4-7H2,1-3H3/t14?,15-,17?,23-;9?,11?,16-/m00/s1. The van der Waals surface area contributed by atoms with Gasteiger partial charge in [0.15, 0.2) is 0 Å². The van der Waals surface area contributed by atoms with Gasteiger partial charge < -0.3 is 10.2 Å². The van der Waals surface area contributed by atoms with E-state index in [2.05, 4.69) is 9.12 Å². The van der Waals surface area contributed by atoms with Gasteiger partial charge in [0.1, 0.15) is 28.9 Å². The quantitative estimate of drug-likeness (QED) is 0.332. The molecule has 11 heteroatoms. The summed E-state index contributed by atoms with van der Waals surface area (Å²) in [6.07, 6.45) is 2.38. The molecule has 1 aromatic rings. The fraction of sp³-hybridized carbons (Fsp3) is 0.750. The molecule has 3 rings (SSSR count). The molecule has 39 heavy (non-hydrogen) atoms. The first-order valence-corrected chi connectivity index (χ1v) is 16.1. The summed E-state index contributed by atoms with van der Waals surface area (Å²) in [5.74, 6) is 0. The SMILES string of the molecule is CC(C)(C)[S@](=O)N=CC1(O)CCC(F)CC1.CC(C)(C)[S@](=O)N[C@@H](c1cccc(Cl)c1)C1(O)CCC(F)CC1. The van der Waals surface area contributed by atoms with Crippen LogP contribution in [0, 0.1) is 0 Å². The lowest BCUT2D eigenvalue weighted by atomic mass is 9.77. The van der Waals surface area contributed by atoms with E-state index < -0.39 is 61.1 Å². The lowest BCUT2D eigenvalue weighted by Gasteiger charge is -2.41. The van der Waals surface area contributed by atoms with Crippen LogP contribution in [0.3, 0.4) is 0 Å². The Morgan fingerprint density at radius 1 is 0.974 bits per heavy atom. The molecule has 2 fully saturated rings. The van der Waals surface area contributed by atoms with Gasteiger partial charge in [0, 0.05) is 11.2 Å². The van der Waals surface area contributed by atoms with Crippen LogP contribution in [0.15, 0.2) is 28.7 Å². The smallest absolute Gasteiger partial charge is 0.144 e. The summed E-state index contributed by atoms with van der Waals surface area (Å²) in [6, 6.07) is 6.62. The largest absolute Gasteiger partial charge is 0.388 e. The van der Waals surface area contributed by atoms with Crippen LogP contribution in [0.5, 0.6) is 0 Å². The van der Waals surface area contributed by atoms with E-state index >= 15 is 0 Å². The second-order valence-corrected chi connectivity index (χ2v) is 17.0. The van der Waals surface area contributed by atoms with Crippen molar-refractivity contribution in [2.75, 3.05) is 0 Å². The van der Waals surface area contributed by atoms with Gasteiger partial charge in [-0.2, -0.15) is 4.40 Å². The van der Waals surface area contributed by atoms with Crippen LogP contribution in [0.2, 0.25) is 5.02 Å². The molecular weight excluding hydrogens is 566 g/mol. The monoisotopic (exact) mass is 610 g/mol. The Morgan fingerprint density at radius 3 is 1.95 bits per heavy atom. The molecule has 2 saturated carbocycles. The third kappa shape index (κ3) is 10.9. The van der Waals surface area contributed by atoms with E-state index in [1.54, 1.807) is 18.2 Å². The number of hydrogen-bond donors (Lipinski definition) is 3. The molecule has 0 aromatic heterocycles. The average Bonchev–Trinajstić information content (AvgIpc) is 2.84. The lowest BCUT2D eigenvalue weighted by Crippen LogP contribution is -2.49. The predicted molar refractivity (Wildman–Crippen MR) is 158 cm³/mol. The third-order valence-electron chi connectivity index (χ3n) is 6.97. The number of halogens is 3. The van der Waals surface area contributed by atoms with Gasteiger partial charge in [0.25, 0.3) is 0 Å². The molecule has 0 aliphatic heterocycles. The Kier molecular flexibility index (Phi) is 12.3. The van der Waals surface area contributed by atoms with E-state index in [-0.39, 0.29) is 0 Å². The molecule has 0 bridgehead atoms. The van der Waals surface area contributed by atoms with E-state index in [1.807, 2.05) is 47.6 Å². The zero-order valence-electron chi connectivity index (χ0n) is 23.9. The molecule has 0 heterocycles. The Morgan fingerprint density at radius 2 is 1.49 bits per heavy atom. The topological polar surface area (TPSA) is 99.0 Å². The summed E-state index contributed by atoms with van der Waals surface area (Å²) >= 11 is 6.08. The molecular formula is C28H45ClF2N2O4S2. The van der Waals surface area contributed by atoms with E-state index in [4.69, 9.17) is 11.6 Å². The van der Waals surface area contributed by atoms with Crippen LogP contribution in [0.1, 0.15) is 105 Å². The number of nitrogens with zero attached hydrogens (tertiary/aromatic N) is 1. The molecule has 224 valence electrons. The van der Waals surface area contributed by atoms with Crippen molar-refractivity contribution in [1.29, 1.82) is 0 Å². The first-order chi connectivity index (χ1) is 17.8. The number of aliphatic hydroxyl groups is 2. The fourth-order valence-corrected chi connectivity index (χ4v) is 6.07. The van der Waals surface area contributed by atoms with E-state index in [0.29, 0.717) is 56.4 Å². The third-order valence-corrected chi connectivity index (χ3v) is 10.1. The zero-order chi connectivity index (χ0) is 29.6. The van der Waals surface area contributed by atoms with Crippen LogP contribution >= 0.6 is 11.6 Å². The number of alkyl halides is 2. The first-order valence-electron chi connectivity index (χ1n) is 13.5. The minimum absolute atomic E-state index is 0.317. The molecule has 0 unspecified atom stereocenters. The normalized spacial score (nSPS) is 30.7. The van der Waals surface area contributed by atoms with Crippen molar-refractivity contribution in [2.24, 2.45) is 4.40 Å². The molecule has 0 saturated heterocycles. The molecule has 0 amide bonds. The number of rotatable bonds is 6. The van der Waals surface area contributed by atoms with E-state index in [9.17, 15) is 27.4 Å². The van der Waals surface area contributed by atoms with Gasteiger partial charge >= 0.3 is 0 Å². The van der Waals surface area contributed by atoms with Crippen LogP contribution < -0.4 is 4.72 Å². The van der Waals surface area contributed by atoms with Crippen molar-refractivity contribution in [2.45, 2.75) is 132 Å². The highest BCUT2D eigenvalue weighted by atomic mass is 35.5. The molecule has 0 spiro atoms. The summed E-state index contributed by atoms with van der Waals surface area (Å²) in [5, 5.41) is 21.7. The highest BCUT2D eigenvalue weighted by Crippen LogP contribution is 2.40. The Balaban J connectivity index is 0.000000293. The maximum atomic E-state index is 13.5. The van der Waals surface area contributed by atoms with Crippen LogP contribution in [-0.4, -0.2) is 57.9 Å². The minimum atomic E-state index is -1.36. The molecule has 3 atom stereocenters. The van der Waals surface area contributed by atoms with Gasteiger partial charge in [-0.1, -0.05) is 23.7 Å². The molecule has 2 aliphatic rings. The molecule has 2 aliphatic carbocycles. The van der Waals surface area contributed by atoms with Crippen LogP contribution in [0.4, 0.5) is 8.78 Å². The predicted octanol–water partition coefficient (Wildman–Crippen LogP) is 6.24. The van der Waals surface area contributed by atoms with E-state index in [0.717, 1.165) is 5.56 Å². The second-order valence-electron chi connectivity index (χ2n) is 12.6. The van der Waals surface area contributed by atoms with Gasteiger partial charge in [-0.15, -0.1) is 0 Å². The number of benzene rings is 1. The molecule has 0 radical (unpaired) electrons.